The van der Waals surface area contributed by atoms with E-state index in [1.807, 2.05) is 0 Å². The summed E-state index contributed by atoms with van der Waals surface area (Å²) in [5.74, 6) is 0.823. The molecule has 0 radical (unpaired) electrons. The molecule has 0 spiro atoms. The Labute approximate surface area is 105 Å². The van der Waals surface area contributed by atoms with Gasteiger partial charge in [0.15, 0.2) is 0 Å². The molecule has 5 nitrogen and oxygen atoms in total. The smallest absolute Gasteiger partial charge is 0.212 e. The molecular weight excluding hydrogens is 238 g/mol. The van der Waals surface area contributed by atoms with Gasteiger partial charge in [-0.1, -0.05) is 0 Å². The van der Waals surface area contributed by atoms with Gasteiger partial charge in [0.05, 0.1) is 5.75 Å². The second-order valence-electron chi connectivity index (χ2n) is 4.91. The molecule has 1 unspecified atom stereocenters. The van der Waals surface area contributed by atoms with Crippen LogP contribution < -0.4 is 10.0 Å². The summed E-state index contributed by atoms with van der Waals surface area (Å²) >= 11 is 0. The van der Waals surface area contributed by atoms with E-state index >= 15 is 0 Å². The van der Waals surface area contributed by atoms with Gasteiger partial charge in [0.1, 0.15) is 0 Å². The highest BCUT2D eigenvalue weighted by Crippen LogP contribution is 2.19. The molecule has 2 N–H and O–H groups in total. The molecule has 1 rings (SSSR count). The van der Waals surface area contributed by atoms with Crippen molar-refractivity contribution in [2.75, 3.05) is 39.5 Å². The number of hydrogen-bond donors (Lipinski definition) is 2. The third kappa shape index (κ3) is 5.33. The van der Waals surface area contributed by atoms with Crippen LogP contribution in [-0.2, 0) is 10.0 Å². The lowest BCUT2D eigenvalue weighted by atomic mass is 9.90. The van der Waals surface area contributed by atoms with Crippen molar-refractivity contribution in [2.45, 2.75) is 25.8 Å². The molecular formula is C11H25N3O2S. The van der Waals surface area contributed by atoms with E-state index in [4.69, 9.17) is 0 Å². The van der Waals surface area contributed by atoms with Crippen LogP contribution in [0, 0.1) is 5.92 Å². The third-order valence-corrected chi connectivity index (χ3v) is 4.98. The summed E-state index contributed by atoms with van der Waals surface area (Å²) in [6.07, 6.45) is 2.40. The highest BCUT2D eigenvalue weighted by molar-refractivity contribution is 7.89. The van der Waals surface area contributed by atoms with Gasteiger partial charge in [0, 0.05) is 12.6 Å². The summed E-state index contributed by atoms with van der Waals surface area (Å²) in [5.41, 5.74) is 0. The topological polar surface area (TPSA) is 61.4 Å². The largest absolute Gasteiger partial charge is 0.313 e. The molecule has 0 aromatic carbocycles. The first-order chi connectivity index (χ1) is 7.94. The molecule has 102 valence electrons. The van der Waals surface area contributed by atoms with Crippen LogP contribution in [0.4, 0.5) is 0 Å². The summed E-state index contributed by atoms with van der Waals surface area (Å²) in [6, 6.07) is 0.399. The Kier molecular flexibility index (Phi) is 5.85. The number of nitrogens with zero attached hydrogens (tertiary/aromatic N) is 1. The van der Waals surface area contributed by atoms with Crippen molar-refractivity contribution in [1.29, 1.82) is 0 Å². The first-order valence-electron chi connectivity index (χ1n) is 6.28. The Morgan fingerprint density at radius 2 is 1.94 bits per heavy atom. The van der Waals surface area contributed by atoms with Crippen molar-refractivity contribution in [3.63, 3.8) is 0 Å². The summed E-state index contributed by atoms with van der Waals surface area (Å²) in [7, 11) is 0.525. The molecule has 0 aromatic rings. The number of sulfonamides is 1. The van der Waals surface area contributed by atoms with Crippen molar-refractivity contribution in [3.8, 4) is 0 Å². The number of hydrogen-bond acceptors (Lipinski definition) is 4. The summed E-state index contributed by atoms with van der Waals surface area (Å²) in [4.78, 5) is 2.34. The van der Waals surface area contributed by atoms with Gasteiger partial charge >= 0.3 is 0 Å². The average Bonchev–Trinajstić information content (AvgIpc) is 2.29. The van der Waals surface area contributed by atoms with Crippen molar-refractivity contribution >= 4 is 10.0 Å². The predicted octanol–water partition coefficient (Wildman–Crippen LogP) is -0.144. The van der Waals surface area contributed by atoms with Crippen LogP contribution in [0.5, 0.6) is 0 Å². The van der Waals surface area contributed by atoms with Crippen LogP contribution in [-0.4, -0.2) is 58.8 Å². The Morgan fingerprint density at radius 3 is 2.47 bits per heavy atom. The first kappa shape index (κ1) is 14.9. The standard InChI is InChI=1S/C11H25N3O2S/c1-10(11-4-7-14(3)8-5-11)13-6-9-17(15,16)12-2/h10-13H,4-9H2,1-3H3. The van der Waals surface area contributed by atoms with Crippen molar-refractivity contribution in [3.05, 3.63) is 0 Å². The molecule has 1 atom stereocenters. The lowest BCUT2D eigenvalue weighted by molar-refractivity contribution is 0.191. The van der Waals surface area contributed by atoms with Crippen LogP contribution in [0.2, 0.25) is 0 Å². The van der Waals surface area contributed by atoms with E-state index < -0.39 is 10.0 Å². The normalized spacial score (nSPS) is 21.6. The fourth-order valence-electron chi connectivity index (χ4n) is 2.22. The lowest BCUT2D eigenvalue weighted by Gasteiger charge is -2.33. The zero-order chi connectivity index (χ0) is 12.9. The maximum Gasteiger partial charge on any atom is 0.212 e. The van der Waals surface area contributed by atoms with Gasteiger partial charge < -0.3 is 10.2 Å². The zero-order valence-electron chi connectivity index (χ0n) is 11.1. The van der Waals surface area contributed by atoms with Gasteiger partial charge in [0.2, 0.25) is 10.0 Å². The molecule has 17 heavy (non-hydrogen) atoms. The van der Waals surface area contributed by atoms with Crippen LogP contribution in [0.3, 0.4) is 0 Å². The van der Waals surface area contributed by atoms with Crippen LogP contribution in [0.25, 0.3) is 0 Å². The molecule has 1 saturated heterocycles. The predicted molar refractivity (Wildman–Crippen MR) is 70.5 cm³/mol. The maximum absolute atomic E-state index is 11.2. The van der Waals surface area contributed by atoms with E-state index in [9.17, 15) is 8.42 Å². The zero-order valence-corrected chi connectivity index (χ0v) is 11.9. The van der Waals surface area contributed by atoms with Crippen LogP contribution in [0.15, 0.2) is 0 Å². The number of piperidine rings is 1. The van der Waals surface area contributed by atoms with Crippen LogP contribution >= 0.6 is 0 Å². The molecule has 0 amide bonds. The van der Waals surface area contributed by atoms with E-state index in [0.717, 1.165) is 13.1 Å². The monoisotopic (exact) mass is 263 g/mol. The summed E-state index contributed by atoms with van der Waals surface area (Å²) in [5, 5.41) is 3.32. The Morgan fingerprint density at radius 1 is 1.35 bits per heavy atom. The highest BCUT2D eigenvalue weighted by atomic mass is 32.2. The number of rotatable bonds is 6. The van der Waals surface area contributed by atoms with E-state index in [0.29, 0.717) is 18.5 Å². The van der Waals surface area contributed by atoms with Crippen molar-refractivity contribution < 1.29 is 8.42 Å². The number of nitrogens with one attached hydrogen (secondary N) is 2. The van der Waals surface area contributed by atoms with Crippen LogP contribution in [0.1, 0.15) is 19.8 Å². The van der Waals surface area contributed by atoms with Gasteiger partial charge in [-0.25, -0.2) is 13.1 Å². The molecule has 0 aliphatic carbocycles. The fraction of sp³-hybridized carbons (Fsp3) is 1.00. The molecule has 0 bridgehead atoms. The second kappa shape index (κ2) is 6.68. The second-order valence-corrected chi connectivity index (χ2v) is 6.95. The van der Waals surface area contributed by atoms with E-state index in [1.54, 1.807) is 0 Å². The lowest BCUT2D eigenvalue weighted by Crippen LogP contribution is -2.42. The minimum atomic E-state index is -3.08. The molecule has 1 aliphatic heterocycles. The minimum absolute atomic E-state index is 0.153. The number of likely N-dealkylation sites (tertiary alicyclic amines) is 1. The quantitative estimate of drug-likeness (QED) is 0.700. The Balaban J connectivity index is 2.23. The highest BCUT2D eigenvalue weighted by Gasteiger charge is 2.22. The molecule has 1 heterocycles. The molecule has 6 heteroatoms. The Bertz CT molecular complexity index is 311. The first-order valence-corrected chi connectivity index (χ1v) is 7.93. The molecule has 1 aliphatic rings. The maximum atomic E-state index is 11.2. The fourth-order valence-corrected chi connectivity index (χ4v) is 2.81. The van der Waals surface area contributed by atoms with Gasteiger partial charge in [-0.15, -0.1) is 0 Å². The summed E-state index contributed by atoms with van der Waals surface area (Å²) in [6.45, 7) is 4.97. The van der Waals surface area contributed by atoms with E-state index in [2.05, 4.69) is 28.9 Å². The van der Waals surface area contributed by atoms with E-state index in [-0.39, 0.29) is 5.75 Å². The van der Waals surface area contributed by atoms with Crippen molar-refractivity contribution in [1.82, 2.24) is 14.9 Å². The molecule has 1 fully saturated rings. The van der Waals surface area contributed by atoms with Gasteiger partial charge in [-0.3, -0.25) is 0 Å². The Hall–Kier alpha value is -0.170. The van der Waals surface area contributed by atoms with Gasteiger partial charge in [-0.2, -0.15) is 0 Å². The molecule has 0 aromatic heterocycles. The van der Waals surface area contributed by atoms with Crippen molar-refractivity contribution in [2.24, 2.45) is 5.92 Å². The van der Waals surface area contributed by atoms with Gasteiger partial charge in [-0.05, 0) is 52.9 Å². The average molecular weight is 263 g/mol. The molecule has 0 saturated carbocycles. The van der Waals surface area contributed by atoms with E-state index in [1.165, 1.54) is 19.9 Å². The van der Waals surface area contributed by atoms with Gasteiger partial charge in [0.25, 0.3) is 0 Å². The summed E-state index contributed by atoms with van der Waals surface area (Å²) < 4.78 is 24.8. The third-order valence-electron chi connectivity index (χ3n) is 3.62. The SMILES string of the molecule is CNS(=O)(=O)CCNC(C)C1CCN(C)CC1. The minimum Gasteiger partial charge on any atom is -0.313 e.